The molecule has 0 radical (unpaired) electrons. The average Bonchev–Trinajstić information content (AvgIpc) is 3.01. The van der Waals surface area contributed by atoms with Crippen LogP contribution in [0, 0.1) is 17.8 Å². The van der Waals surface area contributed by atoms with Gasteiger partial charge < -0.3 is 5.32 Å². The number of hydrogen-bond donors (Lipinski definition) is 1. The van der Waals surface area contributed by atoms with Gasteiger partial charge in [-0.25, -0.2) is 9.67 Å². The lowest BCUT2D eigenvalue weighted by molar-refractivity contribution is -0.143. The van der Waals surface area contributed by atoms with Crippen LogP contribution in [0.3, 0.4) is 0 Å². The molecule has 0 bridgehead atoms. The van der Waals surface area contributed by atoms with Crippen LogP contribution in [0.5, 0.6) is 0 Å². The number of benzene rings is 1. The molecular weight excluding hydrogens is 402 g/mol. The number of allylic oxidation sites excluding steroid dienone is 1. The van der Waals surface area contributed by atoms with Crippen LogP contribution in [0.2, 0.25) is 0 Å². The van der Waals surface area contributed by atoms with E-state index in [9.17, 15) is 31.1 Å². The molecule has 1 saturated carbocycles. The number of piperidine rings is 1. The number of nitrogens with zero attached hydrogens (tertiary/aromatic N) is 3. The summed E-state index contributed by atoms with van der Waals surface area (Å²) >= 11 is 0. The first-order valence-corrected chi connectivity index (χ1v) is 8.68. The van der Waals surface area contributed by atoms with Gasteiger partial charge in [0, 0.05) is 17.7 Å². The van der Waals surface area contributed by atoms with Crippen molar-refractivity contribution in [3.63, 3.8) is 0 Å². The first-order valence-electron chi connectivity index (χ1n) is 8.68. The number of carbonyl (C=O) groups is 1. The van der Waals surface area contributed by atoms with E-state index in [0.717, 1.165) is 24.1 Å². The minimum atomic E-state index is -4.96. The van der Waals surface area contributed by atoms with Crippen LogP contribution in [0.15, 0.2) is 30.6 Å². The van der Waals surface area contributed by atoms with Crippen molar-refractivity contribution in [3.05, 3.63) is 41.7 Å². The summed E-state index contributed by atoms with van der Waals surface area (Å²) in [7, 11) is 0. The van der Waals surface area contributed by atoms with Gasteiger partial charge in [-0.05, 0) is 49.2 Å². The molecular formula is C18H14F6N4O. The fraction of sp³-hybridized carbons (Fsp3) is 0.389. The van der Waals surface area contributed by atoms with Crippen LogP contribution in [0.1, 0.15) is 11.1 Å². The molecule has 11 heteroatoms. The predicted octanol–water partition coefficient (Wildman–Crippen LogP) is 3.49. The van der Waals surface area contributed by atoms with E-state index in [1.54, 1.807) is 0 Å². The van der Waals surface area contributed by atoms with Crippen LogP contribution in [0.4, 0.5) is 26.3 Å². The van der Waals surface area contributed by atoms with Gasteiger partial charge in [-0.1, -0.05) is 0 Å². The lowest BCUT2D eigenvalue weighted by Gasteiger charge is -2.13. The lowest BCUT2D eigenvalue weighted by Crippen LogP contribution is -2.17. The average molecular weight is 416 g/mol. The number of fused-ring (bicyclic) bond motifs is 1. The molecule has 2 fully saturated rings. The number of ketones is 1. The number of aromatic nitrogens is 3. The highest BCUT2D eigenvalue weighted by Gasteiger charge is 2.55. The summed E-state index contributed by atoms with van der Waals surface area (Å²) in [5.74, 6) is 0.199. The van der Waals surface area contributed by atoms with E-state index in [2.05, 4.69) is 15.4 Å². The molecule has 29 heavy (non-hydrogen) atoms. The van der Waals surface area contributed by atoms with Crippen molar-refractivity contribution in [3.8, 4) is 11.4 Å². The van der Waals surface area contributed by atoms with Gasteiger partial charge in [0.25, 0.3) is 0 Å². The fourth-order valence-electron chi connectivity index (χ4n) is 3.66. The first-order chi connectivity index (χ1) is 13.5. The van der Waals surface area contributed by atoms with Gasteiger partial charge in [0.15, 0.2) is 11.6 Å². The van der Waals surface area contributed by atoms with Gasteiger partial charge in [-0.3, -0.25) is 4.79 Å². The third kappa shape index (κ3) is 3.91. The van der Waals surface area contributed by atoms with E-state index >= 15 is 0 Å². The summed E-state index contributed by atoms with van der Waals surface area (Å²) in [6.45, 7) is 1.58. The number of alkyl halides is 6. The maximum atomic E-state index is 13.0. The van der Waals surface area contributed by atoms with E-state index in [1.807, 2.05) is 0 Å². The molecule has 2 aromatic rings. The molecule has 154 valence electrons. The maximum absolute atomic E-state index is 13.0. The molecule has 1 saturated heterocycles. The second kappa shape index (κ2) is 6.68. The fourth-order valence-corrected chi connectivity index (χ4v) is 3.66. The minimum absolute atomic E-state index is 0.0421. The molecule has 0 spiro atoms. The monoisotopic (exact) mass is 416 g/mol. The Morgan fingerprint density at radius 3 is 2.17 bits per heavy atom. The van der Waals surface area contributed by atoms with Crippen molar-refractivity contribution in [2.24, 2.45) is 17.8 Å². The summed E-state index contributed by atoms with van der Waals surface area (Å²) < 4.78 is 79.0. The molecule has 4 rings (SSSR count). The van der Waals surface area contributed by atoms with Crippen LogP contribution in [-0.2, 0) is 17.1 Å². The van der Waals surface area contributed by atoms with Crippen molar-refractivity contribution < 1.29 is 31.1 Å². The number of nitrogens with one attached hydrogen (secondary N) is 1. The molecule has 2 aliphatic rings. The van der Waals surface area contributed by atoms with Gasteiger partial charge in [-0.2, -0.15) is 26.3 Å². The summed E-state index contributed by atoms with van der Waals surface area (Å²) in [6.07, 6.45) is -6.21. The normalized spacial score (nSPS) is 24.1. The number of carbonyl (C=O) groups excluding carboxylic acids is 1. The molecule has 1 aliphatic carbocycles. The number of hydrogen-bond acceptors (Lipinski definition) is 4. The highest BCUT2D eigenvalue weighted by atomic mass is 19.4. The second-order valence-corrected chi connectivity index (χ2v) is 7.07. The highest BCUT2D eigenvalue weighted by molar-refractivity contribution is 5.96. The molecule has 1 aromatic carbocycles. The molecule has 1 N–H and O–H groups in total. The van der Waals surface area contributed by atoms with Crippen molar-refractivity contribution in [2.75, 3.05) is 13.1 Å². The van der Waals surface area contributed by atoms with Crippen LogP contribution < -0.4 is 5.32 Å². The summed E-state index contributed by atoms with van der Waals surface area (Å²) in [5.41, 5.74) is -3.31. The largest absolute Gasteiger partial charge is 0.416 e. The van der Waals surface area contributed by atoms with Gasteiger partial charge in [0.2, 0.25) is 0 Å². The second-order valence-electron chi connectivity index (χ2n) is 7.07. The van der Waals surface area contributed by atoms with Gasteiger partial charge >= 0.3 is 12.4 Å². The number of halogens is 6. The third-order valence-electron chi connectivity index (χ3n) is 5.17. The van der Waals surface area contributed by atoms with Gasteiger partial charge in [0.1, 0.15) is 6.33 Å². The molecule has 2 heterocycles. The highest BCUT2D eigenvalue weighted by Crippen LogP contribution is 2.49. The minimum Gasteiger partial charge on any atom is -0.316 e. The zero-order chi connectivity index (χ0) is 21.0. The molecule has 2 atom stereocenters. The molecule has 1 aliphatic heterocycles. The maximum Gasteiger partial charge on any atom is 0.416 e. The predicted molar refractivity (Wildman–Crippen MR) is 89.1 cm³/mol. The standard InChI is InChI=1S/C18H14F6N4O/c19-17(20,21)10-3-9(4-11(5-10)18(22,23)24)16-26-8-28(27-16)2-1-14(29)15-12-6-25-7-13(12)15/h1-5,8,12-13,15,25H,6-7H2/b2-1-. The van der Waals surface area contributed by atoms with E-state index in [1.165, 1.54) is 12.3 Å². The topological polar surface area (TPSA) is 59.8 Å². The Morgan fingerprint density at radius 2 is 1.62 bits per heavy atom. The van der Waals surface area contributed by atoms with Crippen LogP contribution in [0.25, 0.3) is 17.6 Å². The van der Waals surface area contributed by atoms with E-state index in [4.69, 9.17) is 0 Å². The van der Waals surface area contributed by atoms with Crippen molar-refractivity contribution in [1.29, 1.82) is 0 Å². The van der Waals surface area contributed by atoms with Crippen LogP contribution in [-0.4, -0.2) is 33.6 Å². The van der Waals surface area contributed by atoms with Crippen molar-refractivity contribution >= 4 is 12.0 Å². The zero-order valence-corrected chi connectivity index (χ0v) is 14.6. The van der Waals surface area contributed by atoms with Gasteiger partial charge in [0.05, 0.1) is 11.1 Å². The Labute approximate surface area is 160 Å². The zero-order valence-electron chi connectivity index (χ0n) is 14.6. The van der Waals surface area contributed by atoms with E-state index in [-0.39, 0.29) is 23.6 Å². The van der Waals surface area contributed by atoms with Crippen molar-refractivity contribution in [2.45, 2.75) is 12.4 Å². The SMILES string of the molecule is O=C(/C=C\n1cnc(-c2cc(C(F)(F)F)cc(C(F)(F)F)c2)n1)C1C2CNCC21. The Balaban J connectivity index is 1.57. The Kier molecular flexibility index (Phi) is 4.52. The Bertz CT molecular complexity index is 935. The summed E-state index contributed by atoms with van der Waals surface area (Å²) in [6, 6.07) is 1.16. The summed E-state index contributed by atoms with van der Waals surface area (Å²) in [4.78, 5) is 15.9. The van der Waals surface area contributed by atoms with E-state index in [0.29, 0.717) is 24.0 Å². The summed E-state index contributed by atoms with van der Waals surface area (Å²) in [5, 5.41) is 7.04. The molecule has 5 nitrogen and oxygen atoms in total. The first kappa shape index (κ1) is 19.6. The quantitative estimate of drug-likeness (QED) is 0.613. The van der Waals surface area contributed by atoms with E-state index < -0.39 is 29.0 Å². The van der Waals surface area contributed by atoms with Gasteiger partial charge in [-0.15, -0.1) is 5.10 Å². The van der Waals surface area contributed by atoms with Crippen LogP contribution >= 0.6 is 0 Å². The molecule has 0 amide bonds. The molecule has 2 unspecified atom stereocenters. The Hall–Kier alpha value is -2.69. The van der Waals surface area contributed by atoms with Crippen molar-refractivity contribution in [1.82, 2.24) is 20.1 Å². The number of rotatable bonds is 4. The third-order valence-corrected chi connectivity index (χ3v) is 5.17. The lowest BCUT2D eigenvalue weighted by atomic mass is 10.0. The smallest absolute Gasteiger partial charge is 0.316 e. The molecule has 1 aromatic heterocycles. The Morgan fingerprint density at radius 1 is 1.03 bits per heavy atom.